The predicted octanol–water partition coefficient (Wildman–Crippen LogP) is 1.88. The maximum Gasteiger partial charge on any atom is 0.216 e. The number of nitrogens with one attached hydrogen (secondary N) is 1. The van der Waals surface area contributed by atoms with Crippen molar-refractivity contribution in [2.24, 2.45) is 0 Å². The molecule has 0 spiro atoms. The van der Waals surface area contributed by atoms with Crippen LogP contribution in [0, 0.1) is 0 Å². The first-order valence-corrected chi connectivity index (χ1v) is 6.76. The Labute approximate surface area is 122 Å². The van der Waals surface area contributed by atoms with E-state index in [2.05, 4.69) is 15.3 Å². The average Bonchev–Trinajstić information content (AvgIpc) is 2.76. The van der Waals surface area contributed by atoms with Crippen molar-refractivity contribution in [2.45, 2.75) is 25.8 Å². The highest BCUT2D eigenvalue weighted by molar-refractivity contribution is 6.20. The summed E-state index contributed by atoms with van der Waals surface area (Å²) in [4.78, 5) is 19.8. The summed E-state index contributed by atoms with van der Waals surface area (Å²) in [7, 11) is 1.57. The van der Waals surface area contributed by atoms with Gasteiger partial charge in [0, 0.05) is 26.1 Å². The second kappa shape index (κ2) is 6.09. The summed E-state index contributed by atoms with van der Waals surface area (Å²) in [5, 5.41) is 2.51. The van der Waals surface area contributed by atoms with E-state index >= 15 is 0 Å². The molecule has 6 nitrogen and oxygen atoms in total. The molecule has 20 heavy (non-hydrogen) atoms. The molecule has 2 rings (SSSR count). The fourth-order valence-corrected chi connectivity index (χ4v) is 2.15. The summed E-state index contributed by atoms with van der Waals surface area (Å²) in [6, 6.07) is 3.61. The van der Waals surface area contributed by atoms with Crippen molar-refractivity contribution < 1.29 is 9.53 Å². The van der Waals surface area contributed by atoms with Crippen LogP contribution in [0.1, 0.15) is 25.0 Å². The minimum atomic E-state index is -0.243. The fourth-order valence-electron chi connectivity index (χ4n) is 1.98. The Balaban J connectivity index is 2.40. The lowest BCUT2D eigenvalue weighted by atomic mass is 10.4. The zero-order valence-corrected chi connectivity index (χ0v) is 12.4. The molecule has 0 bridgehead atoms. The molecule has 7 heteroatoms. The molecule has 1 unspecified atom stereocenters. The van der Waals surface area contributed by atoms with Gasteiger partial charge in [0.25, 0.3) is 0 Å². The van der Waals surface area contributed by atoms with E-state index < -0.39 is 0 Å². The SMILES string of the molecule is COc1ccc2nc(C(C)Cl)n(CCNC(C)=O)c2n1. The van der Waals surface area contributed by atoms with Crippen molar-refractivity contribution >= 4 is 28.7 Å². The van der Waals surface area contributed by atoms with Crippen LogP contribution in [0.25, 0.3) is 11.2 Å². The third-order valence-corrected chi connectivity index (χ3v) is 3.07. The van der Waals surface area contributed by atoms with Crippen LogP contribution in [0.2, 0.25) is 0 Å². The summed E-state index contributed by atoms with van der Waals surface area (Å²) in [6.07, 6.45) is 0. The van der Waals surface area contributed by atoms with Gasteiger partial charge in [-0.2, -0.15) is 4.98 Å². The number of methoxy groups -OCH3 is 1. The van der Waals surface area contributed by atoms with E-state index in [1.54, 1.807) is 13.2 Å². The van der Waals surface area contributed by atoms with E-state index in [1.807, 2.05) is 17.6 Å². The molecule has 0 saturated heterocycles. The van der Waals surface area contributed by atoms with Crippen molar-refractivity contribution in [2.75, 3.05) is 13.7 Å². The number of halogens is 1. The molecule has 0 aliphatic heterocycles. The monoisotopic (exact) mass is 296 g/mol. The molecule has 108 valence electrons. The number of carbonyl (C=O) groups is 1. The highest BCUT2D eigenvalue weighted by Crippen LogP contribution is 2.24. The molecule has 0 saturated carbocycles. The summed E-state index contributed by atoms with van der Waals surface area (Å²) in [6.45, 7) is 4.40. The first-order chi connectivity index (χ1) is 9.52. The maximum absolute atomic E-state index is 11.0. The molecule has 0 radical (unpaired) electrons. The number of rotatable bonds is 5. The summed E-state index contributed by atoms with van der Waals surface area (Å²) in [5.74, 6) is 1.18. The summed E-state index contributed by atoms with van der Waals surface area (Å²) in [5.41, 5.74) is 1.47. The molecule has 2 heterocycles. The zero-order valence-electron chi connectivity index (χ0n) is 11.7. The average molecular weight is 297 g/mol. The molecular formula is C13H17ClN4O2. The molecule has 0 aliphatic carbocycles. The molecular weight excluding hydrogens is 280 g/mol. The van der Waals surface area contributed by atoms with E-state index in [4.69, 9.17) is 16.3 Å². The number of ether oxygens (including phenoxy) is 1. The topological polar surface area (TPSA) is 69.0 Å². The quantitative estimate of drug-likeness (QED) is 0.855. The van der Waals surface area contributed by atoms with Crippen LogP contribution in [0.3, 0.4) is 0 Å². The minimum Gasteiger partial charge on any atom is -0.481 e. The molecule has 1 atom stereocenters. The number of alkyl halides is 1. The first kappa shape index (κ1) is 14.6. The van der Waals surface area contributed by atoms with E-state index in [0.717, 1.165) is 11.3 Å². The fraction of sp³-hybridized carbons (Fsp3) is 0.462. The largest absolute Gasteiger partial charge is 0.481 e. The van der Waals surface area contributed by atoms with Crippen molar-refractivity contribution in [3.8, 4) is 5.88 Å². The number of aromatic nitrogens is 3. The number of hydrogen-bond acceptors (Lipinski definition) is 4. The van der Waals surface area contributed by atoms with Gasteiger partial charge in [-0.15, -0.1) is 11.6 Å². The second-order valence-electron chi connectivity index (χ2n) is 4.42. The van der Waals surface area contributed by atoms with Crippen molar-refractivity contribution in [3.05, 3.63) is 18.0 Å². The van der Waals surface area contributed by atoms with Gasteiger partial charge in [0.05, 0.1) is 12.5 Å². The number of hydrogen-bond donors (Lipinski definition) is 1. The van der Waals surface area contributed by atoms with Crippen molar-refractivity contribution in [3.63, 3.8) is 0 Å². The number of fused-ring (bicyclic) bond motifs is 1. The van der Waals surface area contributed by atoms with E-state index in [9.17, 15) is 4.79 Å². The van der Waals surface area contributed by atoms with Crippen LogP contribution in [0.5, 0.6) is 5.88 Å². The Bertz CT molecular complexity index is 624. The van der Waals surface area contributed by atoms with Crippen LogP contribution in [-0.4, -0.2) is 34.1 Å². The standard InChI is InChI=1S/C13H17ClN4O2/c1-8(14)12-16-10-4-5-11(20-3)17-13(10)18(12)7-6-15-9(2)19/h4-5,8H,6-7H2,1-3H3,(H,15,19). The first-order valence-electron chi connectivity index (χ1n) is 6.32. The molecule has 2 aromatic rings. The Kier molecular flexibility index (Phi) is 4.44. The molecule has 0 aromatic carbocycles. The van der Waals surface area contributed by atoms with E-state index in [-0.39, 0.29) is 11.3 Å². The maximum atomic E-state index is 11.0. The number of amides is 1. The second-order valence-corrected chi connectivity index (χ2v) is 5.07. The van der Waals surface area contributed by atoms with Gasteiger partial charge in [-0.3, -0.25) is 4.79 Å². The lowest BCUT2D eigenvalue weighted by Crippen LogP contribution is -2.25. The van der Waals surface area contributed by atoms with Gasteiger partial charge in [0.1, 0.15) is 11.3 Å². The van der Waals surface area contributed by atoms with Gasteiger partial charge in [-0.25, -0.2) is 4.98 Å². The van der Waals surface area contributed by atoms with E-state index in [1.165, 1.54) is 6.92 Å². The van der Waals surface area contributed by atoms with Gasteiger partial charge in [-0.1, -0.05) is 0 Å². The molecule has 0 aliphatic rings. The van der Waals surface area contributed by atoms with Gasteiger partial charge < -0.3 is 14.6 Å². The van der Waals surface area contributed by atoms with Crippen LogP contribution >= 0.6 is 11.6 Å². The van der Waals surface area contributed by atoms with Crippen LogP contribution in [-0.2, 0) is 11.3 Å². The van der Waals surface area contributed by atoms with Crippen LogP contribution < -0.4 is 10.1 Å². The Morgan fingerprint density at radius 1 is 1.50 bits per heavy atom. The minimum absolute atomic E-state index is 0.0690. The Morgan fingerprint density at radius 3 is 2.85 bits per heavy atom. The van der Waals surface area contributed by atoms with Gasteiger partial charge in [-0.05, 0) is 13.0 Å². The normalized spacial score (nSPS) is 12.4. The molecule has 0 fully saturated rings. The zero-order chi connectivity index (χ0) is 14.7. The third kappa shape index (κ3) is 3.01. The molecule has 1 amide bonds. The van der Waals surface area contributed by atoms with Gasteiger partial charge in [0.2, 0.25) is 11.8 Å². The number of imidazole rings is 1. The summed E-state index contributed by atoms with van der Waals surface area (Å²) >= 11 is 6.17. The third-order valence-electron chi connectivity index (χ3n) is 2.87. The Morgan fingerprint density at radius 2 is 2.25 bits per heavy atom. The lowest BCUT2D eigenvalue weighted by Gasteiger charge is -2.10. The summed E-state index contributed by atoms with van der Waals surface area (Å²) < 4.78 is 7.04. The van der Waals surface area contributed by atoms with Gasteiger partial charge in [0.15, 0.2) is 5.65 Å². The number of nitrogens with zero attached hydrogens (tertiary/aromatic N) is 3. The molecule has 1 N–H and O–H groups in total. The number of carbonyl (C=O) groups excluding carboxylic acids is 1. The smallest absolute Gasteiger partial charge is 0.216 e. The Hall–Kier alpha value is -1.82. The lowest BCUT2D eigenvalue weighted by molar-refractivity contribution is -0.118. The highest BCUT2D eigenvalue weighted by atomic mass is 35.5. The molecule has 2 aromatic heterocycles. The van der Waals surface area contributed by atoms with E-state index in [0.29, 0.717) is 24.6 Å². The highest BCUT2D eigenvalue weighted by Gasteiger charge is 2.16. The van der Waals surface area contributed by atoms with Crippen LogP contribution in [0.15, 0.2) is 12.1 Å². The van der Waals surface area contributed by atoms with Crippen molar-refractivity contribution in [1.29, 1.82) is 0 Å². The number of pyridine rings is 1. The van der Waals surface area contributed by atoms with Crippen LogP contribution in [0.4, 0.5) is 0 Å². The predicted molar refractivity (Wildman–Crippen MR) is 77.0 cm³/mol. The van der Waals surface area contributed by atoms with Gasteiger partial charge >= 0.3 is 0 Å². The van der Waals surface area contributed by atoms with Crippen molar-refractivity contribution in [1.82, 2.24) is 19.9 Å².